The third-order valence-electron chi connectivity index (χ3n) is 2.58. The Balaban J connectivity index is 2.26. The van der Waals surface area contributed by atoms with Gasteiger partial charge < -0.3 is 15.7 Å². The maximum atomic E-state index is 11.0. The third-order valence-corrected chi connectivity index (χ3v) is 4.19. The minimum Gasteiger partial charge on any atom is -0.480 e. The van der Waals surface area contributed by atoms with Crippen molar-refractivity contribution in [2.45, 2.75) is 6.54 Å². The molecule has 0 aliphatic carbocycles. The van der Waals surface area contributed by atoms with E-state index in [2.05, 4.69) is 15.9 Å². The number of para-hydroxylation sites is 2. The van der Waals surface area contributed by atoms with Crippen LogP contribution in [0.5, 0.6) is 0 Å². The van der Waals surface area contributed by atoms with Crippen molar-refractivity contribution in [2.24, 2.45) is 0 Å². The van der Waals surface area contributed by atoms with Crippen LogP contribution in [0.1, 0.15) is 4.88 Å². The lowest BCUT2D eigenvalue weighted by Gasteiger charge is -2.23. The van der Waals surface area contributed by atoms with Crippen LogP contribution < -0.4 is 10.6 Å². The molecular formula is C13H13BrN2O2S. The van der Waals surface area contributed by atoms with Gasteiger partial charge in [-0.2, -0.15) is 0 Å². The number of thiophene rings is 1. The Morgan fingerprint density at radius 3 is 2.63 bits per heavy atom. The maximum Gasteiger partial charge on any atom is 0.323 e. The number of carboxylic acids is 1. The van der Waals surface area contributed by atoms with Crippen molar-refractivity contribution in [2.75, 3.05) is 17.2 Å². The van der Waals surface area contributed by atoms with Crippen molar-refractivity contribution in [3.8, 4) is 0 Å². The average Bonchev–Trinajstić information content (AvgIpc) is 2.74. The van der Waals surface area contributed by atoms with Gasteiger partial charge in [0.1, 0.15) is 6.54 Å². The number of nitrogens with zero attached hydrogens (tertiary/aromatic N) is 1. The Morgan fingerprint density at radius 2 is 2.05 bits per heavy atom. The van der Waals surface area contributed by atoms with E-state index < -0.39 is 5.97 Å². The number of nitrogens with two attached hydrogens (primary N) is 1. The number of carbonyl (C=O) groups is 1. The first kappa shape index (κ1) is 13.9. The highest BCUT2D eigenvalue weighted by Gasteiger charge is 2.14. The van der Waals surface area contributed by atoms with E-state index in [4.69, 9.17) is 10.8 Å². The summed E-state index contributed by atoms with van der Waals surface area (Å²) in [5.74, 6) is -0.876. The van der Waals surface area contributed by atoms with Gasteiger partial charge in [0, 0.05) is 4.88 Å². The summed E-state index contributed by atoms with van der Waals surface area (Å²) >= 11 is 4.99. The molecule has 0 spiro atoms. The van der Waals surface area contributed by atoms with Gasteiger partial charge in [0.05, 0.1) is 21.7 Å². The monoisotopic (exact) mass is 340 g/mol. The lowest BCUT2D eigenvalue weighted by molar-refractivity contribution is -0.135. The summed E-state index contributed by atoms with van der Waals surface area (Å²) in [5, 5.41) is 9.03. The van der Waals surface area contributed by atoms with Gasteiger partial charge in [-0.1, -0.05) is 12.1 Å². The number of benzene rings is 1. The van der Waals surface area contributed by atoms with E-state index in [-0.39, 0.29) is 6.54 Å². The largest absolute Gasteiger partial charge is 0.480 e. The van der Waals surface area contributed by atoms with Crippen LogP contribution in [-0.2, 0) is 11.3 Å². The molecule has 0 atom stereocenters. The Bertz CT molecular complexity index is 586. The van der Waals surface area contributed by atoms with Crippen molar-refractivity contribution in [1.82, 2.24) is 0 Å². The first-order chi connectivity index (χ1) is 9.06. The Labute approximate surface area is 123 Å². The molecule has 1 aromatic carbocycles. The zero-order valence-electron chi connectivity index (χ0n) is 10.0. The van der Waals surface area contributed by atoms with Crippen LogP contribution >= 0.6 is 27.3 Å². The second-order valence-electron chi connectivity index (χ2n) is 4.01. The smallest absolute Gasteiger partial charge is 0.323 e. The van der Waals surface area contributed by atoms with Crippen molar-refractivity contribution < 1.29 is 9.90 Å². The second-order valence-corrected chi connectivity index (χ2v) is 6.56. The van der Waals surface area contributed by atoms with Crippen molar-refractivity contribution in [3.05, 3.63) is 45.1 Å². The second kappa shape index (κ2) is 6.08. The summed E-state index contributed by atoms with van der Waals surface area (Å²) in [6, 6.07) is 11.2. The highest BCUT2D eigenvalue weighted by Crippen LogP contribution is 2.28. The molecule has 4 nitrogen and oxygen atoms in total. The Morgan fingerprint density at radius 1 is 1.32 bits per heavy atom. The maximum absolute atomic E-state index is 11.0. The fourth-order valence-corrected chi connectivity index (χ4v) is 3.29. The normalized spacial score (nSPS) is 10.4. The molecule has 0 fully saturated rings. The van der Waals surface area contributed by atoms with Gasteiger partial charge >= 0.3 is 5.97 Å². The lowest BCUT2D eigenvalue weighted by Crippen LogP contribution is -2.29. The van der Waals surface area contributed by atoms with E-state index in [1.165, 1.54) is 0 Å². The minimum atomic E-state index is -0.876. The third kappa shape index (κ3) is 3.71. The topological polar surface area (TPSA) is 66.6 Å². The summed E-state index contributed by atoms with van der Waals surface area (Å²) in [5.41, 5.74) is 7.24. The van der Waals surface area contributed by atoms with E-state index in [9.17, 15) is 4.79 Å². The highest BCUT2D eigenvalue weighted by atomic mass is 79.9. The molecule has 6 heteroatoms. The van der Waals surface area contributed by atoms with Gasteiger partial charge in [-0.15, -0.1) is 11.3 Å². The fraction of sp³-hybridized carbons (Fsp3) is 0.154. The Hall–Kier alpha value is -1.53. The zero-order valence-corrected chi connectivity index (χ0v) is 12.4. The number of carboxylic acid groups (broad SMARTS) is 1. The molecule has 0 unspecified atom stereocenters. The highest BCUT2D eigenvalue weighted by molar-refractivity contribution is 9.11. The lowest BCUT2D eigenvalue weighted by atomic mass is 10.2. The summed E-state index contributed by atoms with van der Waals surface area (Å²) in [6.07, 6.45) is 0. The summed E-state index contributed by atoms with van der Waals surface area (Å²) in [7, 11) is 0. The van der Waals surface area contributed by atoms with Gasteiger partial charge in [-0.3, -0.25) is 4.79 Å². The molecule has 1 aromatic heterocycles. The molecule has 100 valence electrons. The molecule has 0 saturated heterocycles. The number of rotatable bonds is 5. The summed E-state index contributed by atoms with van der Waals surface area (Å²) in [4.78, 5) is 13.8. The van der Waals surface area contributed by atoms with E-state index in [1.54, 1.807) is 22.3 Å². The average molecular weight is 341 g/mol. The van der Waals surface area contributed by atoms with E-state index in [1.807, 2.05) is 30.3 Å². The number of aliphatic carboxylic acids is 1. The first-order valence-electron chi connectivity index (χ1n) is 5.61. The van der Waals surface area contributed by atoms with Gasteiger partial charge in [0.15, 0.2) is 0 Å². The number of anilines is 2. The minimum absolute atomic E-state index is 0.0796. The molecule has 1 heterocycles. The first-order valence-corrected chi connectivity index (χ1v) is 7.22. The zero-order chi connectivity index (χ0) is 13.8. The van der Waals surface area contributed by atoms with Gasteiger partial charge in [0.25, 0.3) is 0 Å². The molecule has 0 saturated carbocycles. The number of hydrogen-bond donors (Lipinski definition) is 2. The molecule has 0 aliphatic rings. The summed E-state index contributed by atoms with van der Waals surface area (Å²) < 4.78 is 1.03. The van der Waals surface area contributed by atoms with Gasteiger partial charge in [-0.25, -0.2) is 0 Å². The van der Waals surface area contributed by atoms with Crippen molar-refractivity contribution in [1.29, 1.82) is 0 Å². The predicted molar refractivity (Wildman–Crippen MR) is 81.6 cm³/mol. The van der Waals surface area contributed by atoms with Crippen LogP contribution in [0.2, 0.25) is 0 Å². The molecule has 0 aliphatic heterocycles. The molecule has 0 amide bonds. The quantitative estimate of drug-likeness (QED) is 0.820. The van der Waals surface area contributed by atoms with E-state index in [0.29, 0.717) is 12.2 Å². The van der Waals surface area contributed by atoms with Gasteiger partial charge in [-0.05, 0) is 40.2 Å². The molecule has 2 rings (SSSR count). The molecule has 19 heavy (non-hydrogen) atoms. The van der Waals surface area contributed by atoms with E-state index in [0.717, 1.165) is 14.4 Å². The van der Waals surface area contributed by atoms with E-state index >= 15 is 0 Å². The fourth-order valence-electron chi connectivity index (χ4n) is 1.79. The molecule has 3 N–H and O–H groups in total. The van der Waals surface area contributed by atoms with Crippen LogP contribution in [0, 0.1) is 0 Å². The van der Waals surface area contributed by atoms with Crippen LogP contribution in [0.4, 0.5) is 11.4 Å². The number of halogens is 1. The SMILES string of the molecule is Nc1ccccc1N(CC(=O)O)Cc1ccc(Br)s1. The van der Waals surface area contributed by atoms with Crippen LogP contribution in [0.15, 0.2) is 40.2 Å². The molecular weight excluding hydrogens is 328 g/mol. The van der Waals surface area contributed by atoms with Gasteiger partial charge in [0.2, 0.25) is 0 Å². The van der Waals surface area contributed by atoms with Crippen molar-refractivity contribution >= 4 is 44.6 Å². The molecule has 0 bridgehead atoms. The number of hydrogen-bond acceptors (Lipinski definition) is 4. The molecule has 2 aromatic rings. The summed E-state index contributed by atoms with van der Waals surface area (Å²) in [6.45, 7) is 0.445. The number of nitrogen functional groups attached to an aromatic ring is 1. The van der Waals surface area contributed by atoms with Crippen LogP contribution in [-0.4, -0.2) is 17.6 Å². The van der Waals surface area contributed by atoms with Crippen LogP contribution in [0.25, 0.3) is 0 Å². The van der Waals surface area contributed by atoms with Crippen LogP contribution in [0.3, 0.4) is 0 Å². The standard InChI is InChI=1S/C13H13BrN2O2S/c14-12-6-5-9(19-12)7-16(8-13(17)18)11-4-2-1-3-10(11)15/h1-6H,7-8,15H2,(H,17,18). The molecule has 0 radical (unpaired) electrons. The van der Waals surface area contributed by atoms with Crippen molar-refractivity contribution in [3.63, 3.8) is 0 Å². The predicted octanol–water partition coefficient (Wildman–Crippen LogP) is 3.18. The Kier molecular flexibility index (Phi) is 4.44.